The van der Waals surface area contributed by atoms with Gasteiger partial charge < -0.3 is 15.0 Å². The first kappa shape index (κ1) is 14.2. The lowest BCUT2D eigenvalue weighted by Crippen LogP contribution is -2.24. The van der Waals surface area contributed by atoms with Gasteiger partial charge in [-0.25, -0.2) is 0 Å². The summed E-state index contributed by atoms with van der Waals surface area (Å²) in [4.78, 5) is 14.6. The summed E-state index contributed by atoms with van der Waals surface area (Å²) in [6.45, 7) is 5.05. The third-order valence-corrected chi connectivity index (χ3v) is 3.23. The zero-order valence-corrected chi connectivity index (χ0v) is 11.9. The summed E-state index contributed by atoms with van der Waals surface area (Å²) >= 11 is 0. The number of amides is 1. The predicted molar refractivity (Wildman–Crippen MR) is 78.7 cm³/mol. The van der Waals surface area contributed by atoms with Gasteiger partial charge in [0.1, 0.15) is 5.75 Å². The highest BCUT2D eigenvalue weighted by atomic mass is 16.5. The van der Waals surface area contributed by atoms with Crippen molar-refractivity contribution in [2.75, 3.05) is 6.61 Å². The summed E-state index contributed by atoms with van der Waals surface area (Å²) in [7, 11) is 0. The highest BCUT2D eigenvalue weighted by Gasteiger charge is 2.03. The van der Waals surface area contributed by atoms with Gasteiger partial charge in [-0.05, 0) is 48.7 Å². The molecule has 0 saturated carbocycles. The Morgan fingerprint density at radius 3 is 2.80 bits per heavy atom. The number of rotatable bonds is 6. The van der Waals surface area contributed by atoms with Gasteiger partial charge in [-0.2, -0.15) is 0 Å². The molecule has 0 fully saturated rings. The van der Waals surface area contributed by atoms with Crippen LogP contribution in [0.3, 0.4) is 0 Å². The van der Waals surface area contributed by atoms with Crippen LogP contribution in [0, 0.1) is 13.8 Å². The van der Waals surface area contributed by atoms with Crippen LogP contribution in [0.5, 0.6) is 5.75 Å². The fourth-order valence-corrected chi connectivity index (χ4v) is 1.82. The van der Waals surface area contributed by atoms with E-state index in [2.05, 4.69) is 17.2 Å². The molecule has 0 unspecified atom stereocenters. The summed E-state index contributed by atoms with van der Waals surface area (Å²) in [5.41, 5.74) is 3.49. The second-order valence-corrected chi connectivity index (χ2v) is 4.84. The molecule has 1 aromatic carbocycles. The summed E-state index contributed by atoms with van der Waals surface area (Å²) < 4.78 is 5.58. The Labute approximate surface area is 119 Å². The van der Waals surface area contributed by atoms with Crippen LogP contribution in [0.25, 0.3) is 0 Å². The average Bonchev–Trinajstić information content (AvgIpc) is 2.94. The molecule has 106 valence electrons. The Morgan fingerprint density at radius 2 is 2.10 bits per heavy atom. The summed E-state index contributed by atoms with van der Waals surface area (Å²) in [6, 6.07) is 7.88. The lowest BCUT2D eigenvalue weighted by Gasteiger charge is -2.08. The smallest absolute Gasteiger partial charge is 0.223 e. The third-order valence-electron chi connectivity index (χ3n) is 3.23. The van der Waals surface area contributed by atoms with Gasteiger partial charge in [0.25, 0.3) is 0 Å². The van der Waals surface area contributed by atoms with E-state index in [0.29, 0.717) is 19.6 Å². The molecule has 1 aromatic heterocycles. The molecular weight excluding hydrogens is 252 g/mol. The summed E-state index contributed by atoms with van der Waals surface area (Å²) in [5, 5.41) is 2.85. The fraction of sp³-hybridized carbons (Fsp3) is 0.312. The third kappa shape index (κ3) is 4.16. The van der Waals surface area contributed by atoms with E-state index in [4.69, 9.17) is 4.74 Å². The van der Waals surface area contributed by atoms with E-state index in [1.165, 1.54) is 11.1 Å². The molecule has 0 bridgehead atoms. The first-order valence-corrected chi connectivity index (χ1v) is 6.73. The van der Waals surface area contributed by atoms with Crippen LogP contribution in [0.1, 0.15) is 23.1 Å². The first-order chi connectivity index (χ1) is 9.65. The fourth-order valence-electron chi connectivity index (χ4n) is 1.82. The Kier molecular flexibility index (Phi) is 4.82. The van der Waals surface area contributed by atoms with Crippen molar-refractivity contribution >= 4 is 5.91 Å². The number of aryl methyl sites for hydroxylation is 2. The minimum Gasteiger partial charge on any atom is -0.493 e. The molecule has 0 radical (unpaired) electrons. The molecule has 1 heterocycles. The molecule has 2 aromatic rings. The lowest BCUT2D eigenvalue weighted by molar-refractivity contribution is -0.121. The highest BCUT2D eigenvalue weighted by molar-refractivity contribution is 5.75. The van der Waals surface area contributed by atoms with E-state index >= 15 is 0 Å². The maximum Gasteiger partial charge on any atom is 0.223 e. The van der Waals surface area contributed by atoms with Crippen molar-refractivity contribution in [3.8, 4) is 5.75 Å². The number of ether oxygens (including phenoxy) is 1. The van der Waals surface area contributed by atoms with Gasteiger partial charge in [0.2, 0.25) is 5.91 Å². The van der Waals surface area contributed by atoms with Crippen LogP contribution in [-0.4, -0.2) is 17.5 Å². The SMILES string of the molecule is Cc1ccc(OCCC(=O)NCc2cc[nH]c2)cc1C. The molecule has 4 nitrogen and oxygen atoms in total. The van der Waals surface area contributed by atoms with Gasteiger partial charge in [0.15, 0.2) is 0 Å². The van der Waals surface area contributed by atoms with Gasteiger partial charge in [0.05, 0.1) is 13.0 Å². The highest BCUT2D eigenvalue weighted by Crippen LogP contribution is 2.16. The molecule has 0 aliphatic heterocycles. The van der Waals surface area contributed by atoms with Crippen molar-refractivity contribution in [1.82, 2.24) is 10.3 Å². The number of hydrogen-bond acceptors (Lipinski definition) is 2. The maximum atomic E-state index is 11.6. The second-order valence-electron chi connectivity index (χ2n) is 4.84. The Bertz CT molecular complexity index is 562. The van der Waals surface area contributed by atoms with Crippen molar-refractivity contribution in [3.05, 3.63) is 53.3 Å². The van der Waals surface area contributed by atoms with Gasteiger partial charge in [-0.15, -0.1) is 0 Å². The van der Waals surface area contributed by atoms with Crippen molar-refractivity contribution in [2.24, 2.45) is 0 Å². The molecule has 0 aliphatic carbocycles. The average molecular weight is 272 g/mol. The number of hydrogen-bond donors (Lipinski definition) is 2. The van der Waals surface area contributed by atoms with Gasteiger partial charge >= 0.3 is 0 Å². The number of H-pyrrole nitrogens is 1. The topological polar surface area (TPSA) is 54.1 Å². The van der Waals surface area contributed by atoms with Crippen molar-refractivity contribution < 1.29 is 9.53 Å². The quantitative estimate of drug-likeness (QED) is 0.849. The predicted octanol–water partition coefficient (Wildman–Crippen LogP) is 2.72. The van der Waals surface area contributed by atoms with Crippen LogP contribution in [-0.2, 0) is 11.3 Å². The molecule has 4 heteroatoms. The molecule has 0 saturated heterocycles. The summed E-state index contributed by atoms with van der Waals surface area (Å²) in [5.74, 6) is 0.807. The molecule has 20 heavy (non-hydrogen) atoms. The number of aromatic amines is 1. The number of nitrogens with one attached hydrogen (secondary N) is 2. The van der Waals surface area contributed by atoms with E-state index in [1.54, 1.807) is 0 Å². The minimum atomic E-state index is -0.00460. The number of carbonyl (C=O) groups is 1. The van der Waals surface area contributed by atoms with Crippen molar-refractivity contribution in [1.29, 1.82) is 0 Å². The molecule has 2 rings (SSSR count). The monoisotopic (exact) mass is 272 g/mol. The van der Waals surface area contributed by atoms with E-state index in [-0.39, 0.29) is 5.91 Å². The Hall–Kier alpha value is -2.23. The molecular formula is C16H20N2O2. The normalized spacial score (nSPS) is 10.3. The van der Waals surface area contributed by atoms with Gasteiger partial charge in [-0.1, -0.05) is 6.07 Å². The van der Waals surface area contributed by atoms with Gasteiger partial charge in [-0.3, -0.25) is 4.79 Å². The molecule has 1 amide bonds. The Balaban J connectivity index is 1.69. The van der Waals surface area contributed by atoms with Crippen LogP contribution in [0.4, 0.5) is 0 Å². The maximum absolute atomic E-state index is 11.6. The van der Waals surface area contributed by atoms with Crippen LogP contribution in [0.15, 0.2) is 36.7 Å². The number of aromatic nitrogens is 1. The molecule has 2 N–H and O–H groups in total. The van der Waals surface area contributed by atoms with E-state index < -0.39 is 0 Å². The van der Waals surface area contributed by atoms with Crippen LogP contribution in [0.2, 0.25) is 0 Å². The largest absolute Gasteiger partial charge is 0.493 e. The number of carbonyl (C=O) groups excluding carboxylic acids is 1. The standard InChI is InChI=1S/C16H20N2O2/c1-12-3-4-15(9-13(12)2)20-8-6-16(19)18-11-14-5-7-17-10-14/h3-5,7,9-10,17H,6,8,11H2,1-2H3,(H,18,19). The second kappa shape index (κ2) is 6.80. The zero-order valence-electron chi connectivity index (χ0n) is 11.9. The van der Waals surface area contributed by atoms with E-state index in [1.807, 2.05) is 43.6 Å². The summed E-state index contributed by atoms with van der Waals surface area (Å²) in [6.07, 6.45) is 4.06. The minimum absolute atomic E-state index is 0.00460. The van der Waals surface area contributed by atoms with E-state index in [0.717, 1.165) is 11.3 Å². The first-order valence-electron chi connectivity index (χ1n) is 6.73. The van der Waals surface area contributed by atoms with Crippen LogP contribution >= 0.6 is 0 Å². The molecule has 0 atom stereocenters. The van der Waals surface area contributed by atoms with Crippen LogP contribution < -0.4 is 10.1 Å². The molecule has 0 aliphatic rings. The van der Waals surface area contributed by atoms with Crippen molar-refractivity contribution in [2.45, 2.75) is 26.8 Å². The Morgan fingerprint density at radius 1 is 1.25 bits per heavy atom. The van der Waals surface area contributed by atoms with Crippen molar-refractivity contribution in [3.63, 3.8) is 0 Å². The zero-order chi connectivity index (χ0) is 14.4. The van der Waals surface area contributed by atoms with E-state index in [9.17, 15) is 4.79 Å². The molecule has 0 spiro atoms. The lowest BCUT2D eigenvalue weighted by atomic mass is 10.1. The number of benzene rings is 1. The van der Waals surface area contributed by atoms with Gasteiger partial charge in [0, 0.05) is 18.9 Å².